The van der Waals surface area contributed by atoms with Gasteiger partial charge in [-0.15, -0.1) is 0 Å². The number of carbonyl (C=O) groups is 1. The highest BCUT2D eigenvalue weighted by molar-refractivity contribution is 5.89. The summed E-state index contributed by atoms with van der Waals surface area (Å²) in [5.41, 5.74) is 5.90. The van der Waals surface area contributed by atoms with E-state index in [2.05, 4.69) is 9.72 Å². The molecule has 0 unspecified atom stereocenters. The molecular formula is C13H12N2O3. The van der Waals surface area contributed by atoms with Gasteiger partial charge in [-0.05, 0) is 30.3 Å². The van der Waals surface area contributed by atoms with Crippen molar-refractivity contribution in [2.75, 3.05) is 12.8 Å². The first-order valence-corrected chi connectivity index (χ1v) is 5.27. The molecule has 5 heteroatoms. The Morgan fingerprint density at radius 1 is 1.22 bits per heavy atom. The average Bonchev–Trinajstić information content (AvgIpc) is 2.41. The van der Waals surface area contributed by atoms with Crippen molar-refractivity contribution in [2.45, 2.75) is 0 Å². The average molecular weight is 244 g/mol. The fraction of sp³-hybridized carbons (Fsp3) is 0.0769. The largest absolute Gasteiger partial charge is 0.465 e. The first kappa shape index (κ1) is 11.9. The highest BCUT2D eigenvalue weighted by Gasteiger charge is 2.06. The number of hydrogen-bond donors (Lipinski definition) is 1. The van der Waals surface area contributed by atoms with E-state index in [4.69, 9.17) is 10.5 Å². The van der Waals surface area contributed by atoms with Crippen LogP contribution in [0.15, 0.2) is 42.6 Å². The molecule has 1 heterocycles. The standard InChI is InChI=1S/C13H12N2O3/c1-17-13(16)9-3-2-4-10(7-9)18-11-5-6-12(14)15-8-11/h2-8H,1H3,(H2,14,15). The summed E-state index contributed by atoms with van der Waals surface area (Å²) in [6.45, 7) is 0. The first-order valence-electron chi connectivity index (χ1n) is 5.27. The molecule has 1 aromatic carbocycles. The number of carbonyl (C=O) groups excluding carboxylic acids is 1. The summed E-state index contributed by atoms with van der Waals surface area (Å²) < 4.78 is 10.2. The van der Waals surface area contributed by atoms with Crippen LogP contribution < -0.4 is 10.5 Å². The first-order chi connectivity index (χ1) is 8.69. The third-order valence-corrected chi connectivity index (χ3v) is 2.25. The molecule has 0 saturated heterocycles. The fourth-order valence-electron chi connectivity index (χ4n) is 1.39. The number of benzene rings is 1. The monoisotopic (exact) mass is 244 g/mol. The zero-order valence-corrected chi connectivity index (χ0v) is 9.79. The second-order valence-electron chi connectivity index (χ2n) is 3.54. The number of hydrogen-bond acceptors (Lipinski definition) is 5. The van der Waals surface area contributed by atoms with E-state index in [0.29, 0.717) is 22.9 Å². The van der Waals surface area contributed by atoms with E-state index >= 15 is 0 Å². The van der Waals surface area contributed by atoms with Crippen LogP contribution in [0.5, 0.6) is 11.5 Å². The minimum atomic E-state index is -0.407. The molecule has 1 aromatic heterocycles. The number of aromatic nitrogens is 1. The Bertz CT molecular complexity index is 552. The van der Waals surface area contributed by atoms with Gasteiger partial charge in [0, 0.05) is 0 Å². The Morgan fingerprint density at radius 3 is 2.72 bits per heavy atom. The molecule has 92 valence electrons. The van der Waals surface area contributed by atoms with Gasteiger partial charge < -0.3 is 15.2 Å². The lowest BCUT2D eigenvalue weighted by Gasteiger charge is -2.06. The van der Waals surface area contributed by atoms with Crippen LogP contribution in [-0.4, -0.2) is 18.1 Å². The Labute approximate surface area is 104 Å². The molecule has 0 saturated carbocycles. The Kier molecular flexibility index (Phi) is 3.43. The summed E-state index contributed by atoms with van der Waals surface area (Å²) in [5, 5.41) is 0. The van der Waals surface area contributed by atoms with Gasteiger partial charge in [0.15, 0.2) is 0 Å². The van der Waals surface area contributed by atoms with E-state index in [1.807, 2.05) is 0 Å². The normalized spacial score (nSPS) is 9.83. The molecular weight excluding hydrogens is 232 g/mol. The summed E-state index contributed by atoms with van der Waals surface area (Å²) in [5.74, 6) is 1.09. The van der Waals surface area contributed by atoms with Crippen molar-refractivity contribution in [2.24, 2.45) is 0 Å². The number of anilines is 1. The number of nitrogen functional groups attached to an aromatic ring is 1. The quantitative estimate of drug-likeness (QED) is 0.838. The van der Waals surface area contributed by atoms with Gasteiger partial charge in [0.05, 0.1) is 18.9 Å². The van der Waals surface area contributed by atoms with Gasteiger partial charge in [0.2, 0.25) is 0 Å². The molecule has 0 amide bonds. The number of esters is 1. The maximum atomic E-state index is 11.4. The molecule has 2 aromatic rings. The molecule has 0 aliphatic carbocycles. The van der Waals surface area contributed by atoms with Crippen molar-refractivity contribution >= 4 is 11.8 Å². The Hall–Kier alpha value is -2.56. The predicted molar refractivity (Wildman–Crippen MR) is 66.5 cm³/mol. The molecule has 0 bridgehead atoms. The zero-order valence-electron chi connectivity index (χ0n) is 9.79. The van der Waals surface area contributed by atoms with Gasteiger partial charge in [0.25, 0.3) is 0 Å². The van der Waals surface area contributed by atoms with Crippen molar-refractivity contribution in [3.8, 4) is 11.5 Å². The lowest BCUT2D eigenvalue weighted by molar-refractivity contribution is 0.0600. The van der Waals surface area contributed by atoms with Crippen LogP contribution in [0, 0.1) is 0 Å². The highest BCUT2D eigenvalue weighted by Crippen LogP contribution is 2.22. The number of rotatable bonds is 3. The third-order valence-electron chi connectivity index (χ3n) is 2.25. The van der Waals surface area contributed by atoms with Crippen molar-refractivity contribution in [1.29, 1.82) is 0 Å². The molecule has 0 aliphatic heterocycles. The maximum absolute atomic E-state index is 11.4. The second-order valence-corrected chi connectivity index (χ2v) is 3.54. The maximum Gasteiger partial charge on any atom is 0.337 e. The van der Waals surface area contributed by atoms with Crippen LogP contribution in [-0.2, 0) is 4.74 Å². The predicted octanol–water partition coefficient (Wildman–Crippen LogP) is 2.24. The Morgan fingerprint density at radius 2 is 2.06 bits per heavy atom. The van der Waals surface area contributed by atoms with Crippen LogP contribution >= 0.6 is 0 Å². The van der Waals surface area contributed by atoms with Crippen LogP contribution in [0.4, 0.5) is 5.82 Å². The number of methoxy groups -OCH3 is 1. The summed E-state index contributed by atoms with van der Waals surface area (Å²) in [6, 6.07) is 10.0. The van der Waals surface area contributed by atoms with E-state index in [-0.39, 0.29) is 0 Å². The summed E-state index contributed by atoms with van der Waals surface area (Å²) in [4.78, 5) is 15.3. The van der Waals surface area contributed by atoms with E-state index in [1.54, 1.807) is 36.4 Å². The lowest BCUT2D eigenvalue weighted by Crippen LogP contribution is -2.00. The van der Waals surface area contributed by atoms with Crippen LogP contribution in [0.1, 0.15) is 10.4 Å². The van der Waals surface area contributed by atoms with Gasteiger partial charge in [-0.1, -0.05) is 6.07 Å². The van der Waals surface area contributed by atoms with E-state index in [9.17, 15) is 4.79 Å². The van der Waals surface area contributed by atoms with Gasteiger partial charge in [-0.25, -0.2) is 9.78 Å². The summed E-state index contributed by atoms with van der Waals surface area (Å²) >= 11 is 0. The van der Waals surface area contributed by atoms with Crippen LogP contribution in [0.25, 0.3) is 0 Å². The molecule has 0 fully saturated rings. The third kappa shape index (κ3) is 2.76. The number of nitrogens with two attached hydrogens (primary N) is 1. The molecule has 0 radical (unpaired) electrons. The topological polar surface area (TPSA) is 74.4 Å². The molecule has 0 spiro atoms. The number of ether oxygens (including phenoxy) is 2. The minimum absolute atomic E-state index is 0.407. The zero-order chi connectivity index (χ0) is 13.0. The molecule has 2 N–H and O–H groups in total. The smallest absolute Gasteiger partial charge is 0.337 e. The van der Waals surface area contributed by atoms with E-state index in [0.717, 1.165) is 0 Å². The molecule has 0 aliphatic rings. The number of nitrogens with zero attached hydrogens (tertiary/aromatic N) is 1. The molecule has 0 atom stereocenters. The van der Waals surface area contributed by atoms with Crippen molar-refractivity contribution in [3.05, 3.63) is 48.2 Å². The minimum Gasteiger partial charge on any atom is -0.465 e. The second kappa shape index (κ2) is 5.18. The van der Waals surface area contributed by atoms with E-state index in [1.165, 1.54) is 13.3 Å². The van der Waals surface area contributed by atoms with Gasteiger partial charge in [-0.2, -0.15) is 0 Å². The lowest BCUT2D eigenvalue weighted by atomic mass is 10.2. The molecule has 5 nitrogen and oxygen atoms in total. The summed E-state index contributed by atoms with van der Waals surface area (Å²) in [6.07, 6.45) is 1.51. The summed E-state index contributed by atoms with van der Waals surface area (Å²) in [7, 11) is 1.33. The number of pyridine rings is 1. The van der Waals surface area contributed by atoms with Gasteiger partial charge in [0.1, 0.15) is 17.3 Å². The molecule has 2 rings (SSSR count). The highest BCUT2D eigenvalue weighted by atomic mass is 16.5. The van der Waals surface area contributed by atoms with Gasteiger partial charge in [-0.3, -0.25) is 0 Å². The Balaban J connectivity index is 2.19. The van der Waals surface area contributed by atoms with Crippen LogP contribution in [0.2, 0.25) is 0 Å². The van der Waals surface area contributed by atoms with E-state index < -0.39 is 5.97 Å². The SMILES string of the molecule is COC(=O)c1cccc(Oc2ccc(N)nc2)c1. The van der Waals surface area contributed by atoms with Crippen LogP contribution in [0.3, 0.4) is 0 Å². The van der Waals surface area contributed by atoms with Crippen molar-refractivity contribution in [3.63, 3.8) is 0 Å². The van der Waals surface area contributed by atoms with Crippen molar-refractivity contribution < 1.29 is 14.3 Å². The van der Waals surface area contributed by atoms with Gasteiger partial charge >= 0.3 is 5.97 Å². The molecule has 18 heavy (non-hydrogen) atoms. The van der Waals surface area contributed by atoms with Crippen molar-refractivity contribution in [1.82, 2.24) is 4.98 Å². The fourth-order valence-corrected chi connectivity index (χ4v) is 1.39.